The fourth-order valence-electron chi connectivity index (χ4n) is 2.70. The highest BCUT2D eigenvalue weighted by Gasteiger charge is 2.51. The van der Waals surface area contributed by atoms with Crippen molar-refractivity contribution in [3.8, 4) is 11.6 Å². The number of ether oxygens (including phenoxy) is 1. The van der Waals surface area contributed by atoms with E-state index in [1.54, 1.807) is 29.3 Å². The van der Waals surface area contributed by atoms with Crippen LogP contribution in [0.3, 0.4) is 0 Å². The summed E-state index contributed by atoms with van der Waals surface area (Å²) in [5.41, 5.74) is 0.868. The van der Waals surface area contributed by atoms with E-state index in [-0.39, 0.29) is 17.3 Å². The first-order valence-electron chi connectivity index (χ1n) is 7.13. The standard InChI is InChI=1S/C16H12Br2N2O3/c17-10-6-9(7-11(18)13(10)21)15(22)20-8-16(3-4-16)23-14-12(20)2-1-5-19-14/h1-2,5-7,21H,3-4,8H2. The Labute approximate surface area is 149 Å². The molecule has 2 heterocycles. The van der Waals surface area contributed by atoms with E-state index in [1.807, 2.05) is 6.07 Å². The van der Waals surface area contributed by atoms with Gasteiger partial charge in [-0.2, -0.15) is 0 Å². The number of hydrogen-bond donors (Lipinski definition) is 1. The Balaban J connectivity index is 1.76. The molecule has 1 amide bonds. The number of carbonyl (C=O) groups is 1. The molecule has 2 aromatic rings. The second-order valence-electron chi connectivity index (χ2n) is 5.79. The first-order chi connectivity index (χ1) is 11.0. The van der Waals surface area contributed by atoms with Crippen LogP contribution in [0, 0.1) is 0 Å². The Morgan fingerprint density at radius 2 is 2.00 bits per heavy atom. The molecule has 1 aromatic heterocycles. The molecule has 4 rings (SSSR count). The van der Waals surface area contributed by atoms with Crippen molar-refractivity contribution >= 4 is 43.5 Å². The third kappa shape index (κ3) is 2.52. The van der Waals surface area contributed by atoms with Gasteiger partial charge in [-0.15, -0.1) is 0 Å². The summed E-state index contributed by atoms with van der Waals surface area (Å²) < 4.78 is 6.89. The lowest BCUT2D eigenvalue weighted by atomic mass is 10.1. The molecule has 1 aliphatic heterocycles. The minimum Gasteiger partial charge on any atom is -0.506 e. The lowest BCUT2D eigenvalue weighted by molar-refractivity contribution is 0.0938. The van der Waals surface area contributed by atoms with E-state index in [2.05, 4.69) is 36.8 Å². The van der Waals surface area contributed by atoms with Crippen LogP contribution in [0.2, 0.25) is 0 Å². The SMILES string of the molecule is O=C(c1cc(Br)c(O)c(Br)c1)N1CC2(CC2)Oc2ncccc21. The number of benzene rings is 1. The molecule has 1 aliphatic carbocycles. The van der Waals surface area contributed by atoms with Gasteiger partial charge in [0.15, 0.2) is 0 Å². The first-order valence-corrected chi connectivity index (χ1v) is 8.72. The monoisotopic (exact) mass is 438 g/mol. The molecule has 23 heavy (non-hydrogen) atoms. The molecule has 5 nitrogen and oxygen atoms in total. The lowest BCUT2D eigenvalue weighted by Gasteiger charge is -2.34. The number of rotatable bonds is 1. The molecule has 0 atom stereocenters. The van der Waals surface area contributed by atoms with Gasteiger partial charge in [0.25, 0.3) is 5.91 Å². The molecule has 0 radical (unpaired) electrons. The molecule has 0 saturated heterocycles. The van der Waals surface area contributed by atoms with Crippen LogP contribution in [0.25, 0.3) is 0 Å². The van der Waals surface area contributed by atoms with E-state index in [4.69, 9.17) is 4.74 Å². The van der Waals surface area contributed by atoms with Crippen molar-refractivity contribution in [2.24, 2.45) is 0 Å². The van der Waals surface area contributed by atoms with Crippen LogP contribution in [-0.4, -0.2) is 28.1 Å². The minimum atomic E-state index is -0.289. The summed E-state index contributed by atoms with van der Waals surface area (Å²) in [6, 6.07) is 6.86. The molecular weight excluding hydrogens is 428 g/mol. The van der Waals surface area contributed by atoms with Crippen LogP contribution in [0.4, 0.5) is 5.69 Å². The van der Waals surface area contributed by atoms with Crippen LogP contribution >= 0.6 is 31.9 Å². The highest BCUT2D eigenvalue weighted by Crippen LogP contribution is 2.47. The largest absolute Gasteiger partial charge is 0.506 e. The van der Waals surface area contributed by atoms with Crippen LogP contribution < -0.4 is 9.64 Å². The molecule has 1 fully saturated rings. The number of aromatic nitrogens is 1. The number of nitrogens with zero attached hydrogens (tertiary/aromatic N) is 2. The summed E-state index contributed by atoms with van der Waals surface area (Å²) in [5, 5.41) is 9.83. The molecule has 118 valence electrons. The summed E-state index contributed by atoms with van der Waals surface area (Å²) in [4.78, 5) is 19.0. The van der Waals surface area contributed by atoms with Crippen molar-refractivity contribution in [2.75, 3.05) is 11.4 Å². The zero-order valence-corrected chi connectivity index (χ0v) is 15.1. The third-order valence-corrected chi connectivity index (χ3v) is 5.33. The van der Waals surface area contributed by atoms with Crippen molar-refractivity contribution in [3.63, 3.8) is 0 Å². The quantitative estimate of drug-likeness (QED) is 0.732. The van der Waals surface area contributed by atoms with Gasteiger partial charge in [-0.3, -0.25) is 9.69 Å². The third-order valence-electron chi connectivity index (χ3n) is 4.12. The number of amides is 1. The van der Waals surface area contributed by atoms with E-state index in [9.17, 15) is 9.90 Å². The molecular formula is C16H12Br2N2O3. The summed E-state index contributed by atoms with van der Waals surface area (Å²) in [5.74, 6) is 0.431. The number of aromatic hydroxyl groups is 1. The van der Waals surface area contributed by atoms with Crippen molar-refractivity contribution in [1.29, 1.82) is 0 Å². The number of halogens is 2. The number of phenolic OH excluding ortho intramolecular Hbond substituents is 1. The number of anilines is 1. The Hall–Kier alpha value is -1.60. The van der Waals surface area contributed by atoms with Crippen LogP contribution in [0.15, 0.2) is 39.4 Å². The molecule has 2 aliphatic rings. The normalized spacial score (nSPS) is 17.6. The molecule has 0 bridgehead atoms. The van der Waals surface area contributed by atoms with Gasteiger partial charge in [-0.25, -0.2) is 4.98 Å². The van der Waals surface area contributed by atoms with Gasteiger partial charge in [0.05, 0.1) is 15.5 Å². The van der Waals surface area contributed by atoms with Gasteiger partial charge in [0.1, 0.15) is 17.0 Å². The zero-order valence-electron chi connectivity index (χ0n) is 11.9. The summed E-state index contributed by atoms with van der Waals surface area (Å²) in [6.45, 7) is 0.515. The fourth-order valence-corrected chi connectivity index (χ4v) is 3.89. The average molecular weight is 440 g/mol. The second kappa shape index (κ2) is 5.21. The number of fused-ring (bicyclic) bond motifs is 1. The fraction of sp³-hybridized carbons (Fsp3) is 0.250. The van der Waals surface area contributed by atoms with E-state index < -0.39 is 0 Å². The molecule has 1 spiro atoms. The lowest BCUT2D eigenvalue weighted by Crippen LogP contribution is -2.45. The van der Waals surface area contributed by atoms with E-state index >= 15 is 0 Å². The molecule has 7 heteroatoms. The topological polar surface area (TPSA) is 62.7 Å². The van der Waals surface area contributed by atoms with Crippen LogP contribution in [0.1, 0.15) is 23.2 Å². The van der Waals surface area contributed by atoms with Gasteiger partial charge in [-0.1, -0.05) is 0 Å². The minimum absolute atomic E-state index is 0.0734. The summed E-state index contributed by atoms with van der Waals surface area (Å²) in [7, 11) is 0. The highest BCUT2D eigenvalue weighted by atomic mass is 79.9. The van der Waals surface area contributed by atoms with Crippen molar-refractivity contribution < 1.29 is 14.6 Å². The number of phenols is 1. The molecule has 1 aromatic carbocycles. The van der Waals surface area contributed by atoms with Gasteiger partial charge in [-0.05, 0) is 69.0 Å². The average Bonchev–Trinajstić information content (AvgIpc) is 3.29. The molecule has 1 N–H and O–H groups in total. The molecule has 0 unspecified atom stereocenters. The van der Waals surface area contributed by atoms with Crippen molar-refractivity contribution in [3.05, 3.63) is 45.0 Å². The Kier molecular flexibility index (Phi) is 3.39. The van der Waals surface area contributed by atoms with Crippen molar-refractivity contribution in [2.45, 2.75) is 18.4 Å². The highest BCUT2D eigenvalue weighted by molar-refractivity contribution is 9.11. The second-order valence-corrected chi connectivity index (χ2v) is 7.50. The van der Waals surface area contributed by atoms with Gasteiger partial charge in [0.2, 0.25) is 5.88 Å². The maximum atomic E-state index is 13.0. The maximum absolute atomic E-state index is 13.0. The van der Waals surface area contributed by atoms with Gasteiger partial charge in [0, 0.05) is 11.8 Å². The van der Waals surface area contributed by atoms with Gasteiger partial charge >= 0.3 is 0 Å². The van der Waals surface area contributed by atoms with E-state index in [1.165, 1.54) is 0 Å². The van der Waals surface area contributed by atoms with E-state index in [0.717, 1.165) is 12.8 Å². The van der Waals surface area contributed by atoms with Crippen LogP contribution in [-0.2, 0) is 0 Å². The number of carbonyl (C=O) groups excluding carboxylic acids is 1. The smallest absolute Gasteiger partial charge is 0.258 e. The predicted molar refractivity (Wildman–Crippen MR) is 92.0 cm³/mol. The first kappa shape index (κ1) is 15.0. The summed E-state index contributed by atoms with van der Waals surface area (Å²) >= 11 is 6.54. The predicted octanol–water partition coefficient (Wildman–Crippen LogP) is 3.88. The Bertz CT molecular complexity index is 798. The Morgan fingerprint density at radius 3 is 2.65 bits per heavy atom. The number of pyridine rings is 1. The van der Waals surface area contributed by atoms with Crippen molar-refractivity contribution in [1.82, 2.24) is 4.98 Å². The molecule has 1 saturated carbocycles. The maximum Gasteiger partial charge on any atom is 0.258 e. The number of hydrogen-bond acceptors (Lipinski definition) is 4. The summed E-state index contributed by atoms with van der Waals surface area (Å²) in [6.07, 6.45) is 3.52. The van der Waals surface area contributed by atoms with Crippen LogP contribution in [0.5, 0.6) is 11.6 Å². The Morgan fingerprint density at radius 1 is 1.30 bits per heavy atom. The van der Waals surface area contributed by atoms with Gasteiger partial charge < -0.3 is 9.84 Å². The van der Waals surface area contributed by atoms with E-state index in [0.29, 0.717) is 32.6 Å². The zero-order chi connectivity index (χ0) is 16.2.